The Hall–Kier alpha value is -0.310. The lowest BCUT2D eigenvalue weighted by Gasteiger charge is -2.12. The molecule has 1 fully saturated rings. The fourth-order valence-electron chi connectivity index (χ4n) is 1.80. The number of fused-ring (bicyclic) bond motifs is 1. The molecule has 0 aromatic heterocycles. The predicted molar refractivity (Wildman–Crippen MR) is 44.8 cm³/mol. The zero-order chi connectivity index (χ0) is 7.30. The van der Waals surface area contributed by atoms with Gasteiger partial charge in [0, 0.05) is 12.3 Å². The third-order valence-electron chi connectivity index (χ3n) is 2.45. The summed E-state index contributed by atoms with van der Waals surface area (Å²) in [5, 5.41) is 0. The molecule has 2 rings (SSSR count). The van der Waals surface area contributed by atoms with Gasteiger partial charge in [0.15, 0.2) is 0 Å². The molecule has 4 atom stereocenters. The number of rotatable bonds is 0. The minimum absolute atomic E-state index is 0. The number of nitrogens with two attached hydrogens (primary N) is 1. The minimum Gasteiger partial charge on any atom is -0.387 e. The number of amidine groups is 1. The third kappa shape index (κ3) is 1.22. The third-order valence-corrected chi connectivity index (χ3v) is 2.45. The highest BCUT2D eigenvalue weighted by Crippen LogP contribution is 2.47. The minimum atomic E-state index is -0.698. The molecule has 2 aliphatic rings. The lowest BCUT2D eigenvalue weighted by atomic mass is 9.99. The molecule has 1 heterocycles. The van der Waals surface area contributed by atoms with Crippen molar-refractivity contribution in [3.63, 3.8) is 0 Å². The van der Waals surface area contributed by atoms with Gasteiger partial charge in [0.1, 0.15) is 6.17 Å². The van der Waals surface area contributed by atoms with E-state index in [1.807, 2.05) is 6.92 Å². The Labute approximate surface area is 71.5 Å². The summed E-state index contributed by atoms with van der Waals surface area (Å²) in [6.45, 7) is 2.04. The van der Waals surface area contributed by atoms with Crippen LogP contribution in [0.5, 0.6) is 0 Å². The first-order valence-corrected chi connectivity index (χ1v) is 3.66. The van der Waals surface area contributed by atoms with Crippen LogP contribution in [0.4, 0.5) is 4.39 Å². The van der Waals surface area contributed by atoms with Crippen molar-refractivity contribution in [3.05, 3.63) is 0 Å². The van der Waals surface area contributed by atoms with Gasteiger partial charge in [-0.3, -0.25) is 4.99 Å². The van der Waals surface area contributed by atoms with Gasteiger partial charge in [0.05, 0.1) is 11.9 Å². The van der Waals surface area contributed by atoms with Crippen molar-refractivity contribution >= 4 is 18.2 Å². The van der Waals surface area contributed by atoms with Gasteiger partial charge >= 0.3 is 0 Å². The van der Waals surface area contributed by atoms with E-state index in [1.54, 1.807) is 0 Å². The second kappa shape index (κ2) is 2.63. The van der Waals surface area contributed by atoms with Crippen molar-refractivity contribution in [2.75, 3.05) is 0 Å². The number of alkyl halides is 1. The Kier molecular flexibility index (Phi) is 2.10. The lowest BCUT2D eigenvalue weighted by molar-refractivity contribution is 0.394. The molecule has 2 N–H and O–H groups in total. The molecule has 1 saturated carbocycles. The van der Waals surface area contributed by atoms with Crippen LogP contribution in [0.25, 0.3) is 0 Å². The van der Waals surface area contributed by atoms with E-state index in [1.165, 1.54) is 0 Å². The van der Waals surface area contributed by atoms with Crippen molar-refractivity contribution in [3.8, 4) is 0 Å². The number of aliphatic imine (C=N–C) groups is 1. The summed E-state index contributed by atoms with van der Waals surface area (Å²) in [5.41, 5.74) is 5.49. The highest BCUT2D eigenvalue weighted by Gasteiger charge is 2.56. The molecule has 1 aliphatic carbocycles. The summed E-state index contributed by atoms with van der Waals surface area (Å²) < 4.78 is 12.7. The van der Waals surface area contributed by atoms with Gasteiger partial charge in [0.25, 0.3) is 0 Å². The molecular weight excluding hydrogens is 167 g/mol. The van der Waals surface area contributed by atoms with Crippen molar-refractivity contribution in [2.45, 2.75) is 25.6 Å². The second-order valence-corrected chi connectivity index (χ2v) is 3.31. The van der Waals surface area contributed by atoms with E-state index in [0.717, 1.165) is 6.42 Å². The summed E-state index contributed by atoms with van der Waals surface area (Å²) in [7, 11) is 0. The van der Waals surface area contributed by atoms with E-state index in [2.05, 4.69) is 4.99 Å². The van der Waals surface area contributed by atoms with Crippen molar-refractivity contribution in [2.24, 2.45) is 22.6 Å². The van der Waals surface area contributed by atoms with Crippen LogP contribution in [0.1, 0.15) is 13.3 Å². The maximum atomic E-state index is 12.7. The lowest BCUT2D eigenvalue weighted by Crippen LogP contribution is -2.22. The topological polar surface area (TPSA) is 38.4 Å². The SMILES string of the molecule is C[C@H]1CC(N)=N[C@H]2[C@@H](F)[C@H]21.Cl. The second-order valence-electron chi connectivity index (χ2n) is 3.31. The molecular formula is C7H12ClFN2. The number of halogens is 2. The largest absolute Gasteiger partial charge is 0.387 e. The van der Waals surface area contributed by atoms with Crippen LogP contribution in [-0.2, 0) is 0 Å². The molecule has 2 nitrogen and oxygen atoms in total. The quantitative estimate of drug-likeness (QED) is 0.594. The first-order valence-electron chi connectivity index (χ1n) is 3.66. The van der Waals surface area contributed by atoms with E-state index in [0.29, 0.717) is 11.8 Å². The number of hydrogen-bond donors (Lipinski definition) is 1. The van der Waals surface area contributed by atoms with E-state index in [4.69, 9.17) is 5.73 Å². The maximum Gasteiger partial charge on any atom is 0.128 e. The highest BCUT2D eigenvalue weighted by atomic mass is 35.5. The van der Waals surface area contributed by atoms with Crippen molar-refractivity contribution in [1.29, 1.82) is 0 Å². The zero-order valence-corrected chi connectivity index (χ0v) is 7.14. The fourth-order valence-corrected chi connectivity index (χ4v) is 1.80. The molecule has 0 bridgehead atoms. The fraction of sp³-hybridized carbons (Fsp3) is 0.857. The molecule has 0 aromatic carbocycles. The Bertz CT molecular complexity index is 195. The molecule has 0 aromatic rings. The van der Waals surface area contributed by atoms with Crippen LogP contribution in [0.3, 0.4) is 0 Å². The Morgan fingerprint density at radius 2 is 2.27 bits per heavy atom. The monoisotopic (exact) mass is 178 g/mol. The summed E-state index contributed by atoms with van der Waals surface area (Å²) in [6.07, 6.45) is 0.0812. The summed E-state index contributed by atoms with van der Waals surface area (Å²) in [5.74, 6) is 1.22. The van der Waals surface area contributed by atoms with E-state index in [9.17, 15) is 4.39 Å². The van der Waals surface area contributed by atoms with Crippen LogP contribution in [-0.4, -0.2) is 18.0 Å². The molecule has 0 amide bonds. The van der Waals surface area contributed by atoms with Crippen LogP contribution in [0.15, 0.2) is 4.99 Å². The standard InChI is InChI=1S/C7H11FN2.ClH/c1-3-2-4(9)10-7-5(3)6(7)8;/h3,5-7H,2H2,1H3,(H2,9,10);1H/t3-,5+,6-,7+;/m0./s1. The molecule has 0 unspecified atom stereocenters. The first kappa shape index (κ1) is 8.78. The normalized spacial score (nSPS) is 46.9. The average Bonchev–Trinajstić information content (AvgIpc) is 2.42. The van der Waals surface area contributed by atoms with Gasteiger partial charge in [-0.05, 0) is 5.92 Å². The summed E-state index contributed by atoms with van der Waals surface area (Å²) in [4.78, 5) is 4.01. The maximum absolute atomic E-state index is 12.7. The summed E-state index contributed by atoms with van der Waals surface area (Å²) in [6, 6.07) is -0.0799. The van der Waals surface area contributed by atoms with Gasteiger partial charge in [-0.1, -0.05) is 6.92 Å². The molecule has 0 saturated heterocycles. The highest BCUT2D eigenvalue weighted by molar-refractivity contribution is 5.85. The van der Waals surface area contributed by atoms with Crippen LogP contribution >= 0.6 is 12.4 Å². The zero-order valence-electron chi connectivity index (χ0n) is 6.33. The molecule has 4 heteroatoms. The van der Waals surface area contributed by atoms with Gasteiger partial charge in [0.2, 0.25) is 0 Å². The van der Waals surface area contributed by atoms with Crippen LogP contribution in [0.2, 0.25) is 0 Å². The predicted octanol–water partition coefficient (Wildman–Crippen LogP) is 1.14. The Balaban J connectivity index is 0.000000605. The van der Waals surface area contributed by atoms with Gasteiger partial charge in [-0.25, -0.2) is 4.39 Å². The molecule has 11 heavy (non-hydrogen) atoms. The van der Waals surface area contributed by atoms with E-state index >= 15 is 0 Å². The van der Waals surface area contributed by atoms with Crippen LogP contribution < -0.4 is 5.73 Å². The first-order chi connectivity index (χ1) is 4.70. The van der Waals surface area contributed by atoms with Crippen molar-refractivity contribution in [1.82, 2.24) is 0 Å². The number of nitrogens with zero attached hydrogens (tertiary/aromatic N) is 1. The average molecular weight is 179 g/mol. The number of hydrogen-bond acceptors (Lipinski definition) is 2. The molecule has 0 radical (unpaired) electrons. The van der Waals surface area contributed by atoms with Gasteiger partial charge in [-0.2, -0.15) is 0 Å². The van der Waals surface area contributed by atoms with E-state index < -0.39 is 6.17 Å². The molecule has 0 spiro atoms. The summed E-state index contributed by atoms with van der Waals surface area (Å²) >= 11 is 0. The molecule has 1 aliphatic heterocycles. The van der Waals surface area contributed by atoms with Crippen molar-refractivity contribution < 1.29 is 4.39 Å². The van der Waals surface area contributed by atoms with Gasteiger partial charge in [-0.15, -0.1) is 12.4 Å². The Morgan fingerprint density at radius 3 is 2.82 bits per heavy atom. The molecule has 64 valence electrons. The van der Waals surface area contributed by atoms with E-state index in [-0.39, 0.29) is 24.4 Å². The van der Waals surface area contributed by atoms with Gasteiger partial charge < -0.3 is 5.73 Å². The Morgan fingerprint density at radius 1 is 1.64 bits per heavy atom. The van der Waals surface area contributed by atoms with Crippen LogP contribution in [0, 0.1) is 11.8 Å². The smallest absolute Gasteiger partial charge is 0.128 e.